The van der Waals surface area contributed by atoms with E-state index in [0.29, 0.717) is 23.7 Å². The van der Waals surface area contributed by atoms with E-state index in [-0.39, 0.29) is 0 Å². The van der Waals surface area contributed by atoms with Crippen LogP contribution in [0.3, 0.4) is 0 Å². The Morgan fingerprint density at radius 2 is 2.08 bits per heavy atom. The van der Waals surface area contributed by atoms with Crippen LogP contribution in [0.2, 0.25) is 0 Å². The summed E-state index contributed by atoms with van der Waals surface area (Å²) in [4.78, 5) is 34.5. The molecule has 0 radical (unpaired) electrons. The molecule has 0 aliphatic carbocycles. The number of hydrogen-bond acceptors (Lipinski definition) is 6. The van der Waals surface area contributed by atoms with Gasteiger partial charge in [-0.25, -0.2) is 10.2 Å². The number of aryl methyl sites for hydroxylation is 2. The summed E-state index contributed by atoms with van der Waals surface area (Å²) in [6.07, 6.45) is 5.77. The van der Waals surface area contributed by atoms with Gasteiger partial charge in [-0.05, 0) is 24.1 Å². The number of nitrogens with one attached hydrogen (secondary N) is 2. The zero-order valence-electron chi connectivity index (χ0n) is 13.4. The molecule has 124 valence electrons. The fourth-order valence-electron chi connectivity index (χ4n) is 2.38. The van der Waals surface area contributed by atoms with Gasteiger partial charge in [0, 0.05) is 26.0 Å². The van der Waals surface area contributed by atoms with Crippen molar-refractivity contribution in [2.24, 2.45) is 12.1 Å². The molecule has 0 saturated heterocycles. The topological polar surface area (TPSA) is 110 Å². The molecule has 0 unspecified atom stereocenters. The van der Waals surface area contributed by atoms with Crippen molar-refractivity contribution in [2.75, 3.05) is 5.43 Å². The molecular formula is C15H17N7O2. The fourth-order valence-corrected chi connectivity index (χ4v) is 2.38. The van der Waals surface area contributed by atoms with E-state index in [1.807, 2.05) is 19.1 Å². The number of aromatic amines is 1. The Balaban J connectivity index is 2.04. The first-order chi connectivity index (χ1) is 11.6. The third-order valence-electron chi connectivity index (χ3n) is 3.54. The molecule has 0 amide bonds. The summed E-state index contributed by atoms with van der Waals surface area (Å²) >= 11 is 0. The van der Waals surface area contributed by atoms with Gasteiger partial charge in [0.1, 0.15) is 0 Å². The van der Waals surface area contributed by atoms with Crippen LogP contribution in [-0.2, 0) is 13.6 Å². The van der Waals surface area contributed by atoms with Crippen LogP contribution in [0.5, 0.6) is 0 Å². The van der Waals surface area contributed by atoms with Gasteiger partial charge in [0.05, 0.1) is 6.21 Å². The maximum Gasteiger partial charge on any atom is 0.329 e. The summed E-state index contributed by atoms with van der Waals surface area (Å²) in [7, 11) is 1.56. The fraction of sp³-hybridized carbons (Fsp3) is 0.267. The van der Waals surface area contributed by atoms with Crippen molar-refractivity contribution in [3.8, 4) is 0 Å². The number of hydrazone groups is 1. The van der Waals surface area contributed by atoms with Crippen LogP contribution in [0.25, 0.3) is 11.2 Å². The second-order valence-electron chi connectivity index (χ2n) is 5.23. The van der Waals surface area contributed by atoms with Gasteiger partial charge in [-0.3, -0.25) is 19.3 Å². The van der Waals surface area contributed by atoms with Crippen LogP contribution in [0.1, 0.15) is 18.9 Å². The van der Waals surface area contributed by atoms with Crippen molar-refractivity contribution in [3.63, 3.8) is 0 Å². The van der Waals surface area contributed by atoms with Gasteiger partial charge in [-0.15, -0.1) is 0 Å². The van der Waals surface area contributed by atoms with Crippen LogP contribution in [0.15, 0.2) is 39.2 Å². The lowest BCUT2D eigenvalue weighted by Gasteiger charge is -2.05. The minimum Gasteiger partial charge on any atom is -0.303 e. The van der Waals surface area contributed by atoms with Crippen LogP contribution >= 0.6 is 0 Å². The lowest BCUT2D eigenvalue weighted by atomic mass is 10.3. The smallest absolute Gasteiger partial charge is 0.303 e. The molecule has 0 aromatic carbocycles. The van der Waals surface area contributed by atoms with Crippen LogP contribution in [0.4, 0.5) is 5.95 Å². The number of pyridine rings is 1. The Morgan fingerprint density at radius 3 is 2.79 bits per heavy atom. The highest BCUT2D eigenvalue weighted by atomic mass is 16.2. The van der Waals surface area contributed by atoms with E-state index in [1.54, 1.807) is 30.2 Å². The number of aromatic nitrogens is 5. The molecule has 9 heteroatoms. The average Bonchev–Trinajstić information content (AvgIpc) is 2.93. The highest BCUT2D eigenvalue weighted by molar-refractivity contribution is 5.80. The molecule has 24 heavy (non-hydrogen) atoms. The van der Waals surface area contributed by atoms with E-state index in [9.17, 15) is 9.59 Å². The van der Waals surface area contributed by atoms with Crippen molar-refractivity contribution in [1.82, 2.24) is 24.1 Å². The molecule has 0 saturated carbocycles. The van der Waals surface area contributed by atoms with Crippen molar-refractivity contribution in [1.29, 1.82) is 0 Å². The van der Waals surface area contributed by atoms with Gasteiger partial charge in [0.25, 0.3) is 5.56 Å². The maximum atomic E-state index is 12.2. The lowest BCUT2D eigenvalue weighted by molar-refractivity contribution is 0.698. The Bertz CT molecular complexity index is 998. The minimum atomic E-state index is -0.500. The van der Waals surface area contributed by atoms with Crippen molar-refractivity contribution in [2.45, 2.75) is 19.9 Å². The van der Waals surface area contributed by atoms with Crippen molar-refractivity contribution in [3.05, 3.63) is 50.9 Å². The van der Waals surface area contributed by atoms with Crippen LogP contribution in [0, 0.1) is 0 Å². The molecule has 3 aromatic rings. The van der Waals surface area contributed by atoms with Gasteiger partial charge < -0.3 is 4.57 Å². The third kappa shape index (κ3) is 2.83. The predicted molar refractivity (Wildman–Crippen MR) is 91.3 cm³/mol. The number of nitrogens with zero attached hydrogens (tertiary/aromatic N) is 5. The summed E-state index contributed by atoms with van der Waals surface area (Å²) in [5.41, 5.74) is 3.43. The first kappa shape index (κ1) is 15.7. The van der Waals surface area contributed by atoms with E-state index < -0.39 is 11.2 Å². The zero-order valence-corrected chi connectivity index (χ0v) is 13.4. The second-order valence-corrected chi connectivity index (χ2v) is 5.23. The normalized spacial score (nSPS) is 11.4. The Labute approximate surface area is 136 Å². The molecule has 0 fully saturated rings. The summed E-state index contributed by atoms with van der Waals surface area (Å²) in [5.74, 6) is 0.406. The standard InChI is InChI=1S/C15H17N7O2/c1-3-8-22-11-12(21(2)15(24)19-13(11)23)18-14(22)20-17-9-10-4-6-16-7-5-10/h4-7,9H,3,8H2,1-2H3,(H,18,20)(H,19,23,24). The Hall–Kier alpha value is -3.23. The van der Waals surface area contributed by atoms with Gasteiger partial charge in [-0.2, -0.15) is 10.1 Å². The molecule has 0 aliphatic heterocycles. The predicted octanol–water partition coefficient (Wildman–Crippen LogP) is 0.674. The largest absolute Gasteiger partial charge is 0.329 e. The van der Waals surface area contributed by atoms with E-state index >= 15 is 0 Å². The van der Waals surface area contributed by atoms with Crippen LogP contribution in [-0.4, -0.2) is 30.3 Å². The van der Waals surface area contributed by atoms with Gasteiger partial charge in [0.2, 0.25) is 5.95 Å². The summed E-state index contributed by atoms with van der Waals surface area (Å²) in [6.45, 7) is 2.57. The molecule has 0 aliphatic rings. The number of hydrogen-bond donors (Lipinski definition) is 2. The Morgan fingerprint density at radius 1 is 1.33 bits per heavy atom. The highest BCUT2D eigenvalue weighted by Crippen LogP contribution is 2.15. The summed E-state index contributed by atoms with van der Waals surface area (Å²) in [5, 5.41) is 4.15. The van der Waals surface area contributed by atoms with E-state index in [2.05, 4.69) is 25.5 Å². The van der Waals surface area contributed by atoms with Gasteiger partial charge in [-0.1, -0.05) is 6.92 Å². The van der Waals surface area contributed by atoms with Gasteiger partial charge in [0.15, 0.2) is 11.2 Å². The molecule has 2 N–H and O–H groups in total. The molecule has 0 spiro atoms. The lowest BCUT2D eigenvalue weighted by Crippen LogP contribution is -2.29. The molecule has 0 bridgehead atoms. The first-order valence-electron chi connectivity index (χ1n) is 7.50. The average molecular weight is 327 g/mol. The number of rotatable bonds is 5. The summed E-state index contributed by atoms with van der Waals surface area (Å²) < 4.78 is 3.03. The van der Waals surface area contributed by atoms with E-state index in [1.165, 1.54) is 4.57 Å². The quantitative estimate of drug-likeness (QED) is 0.529. The Kier molecular flexibility index (Phi) is 4.23. The molecule has 3 aromatic heterocycles. The third-order valence-corrected chi connectivity index (χ3v) is 3.54. The number of fused-ring (bicyclic) bond motifs is 1. The molecule has 9 nitrogen and oxygen atoms in total. The summed E-state index contributed by atoms with van der Waals surface area (Å²) in [6, 6.07) is 3.63. The van der Waals surface area contributed by atoms with E-state index in [4.69, 9.17) is 0 Å². The second kappa shape index (κ2) is 6.49. The molecule has 3 rings (SSSR count). The van der Waals surface area contributed by atoms with Crippen molar-refractivity contribution < 1.29 is 0 Å². The number of imidazole rings is 1. The monoisotopic (exact) mass is 327 g/mol. The highest BCUT2D eigenvalue weighted by Gasteiger charge is 2.16. The van der Waals surface area contributed by atoms with Crippen molar-refractivity contribution >= 4 is 23.3 Å². The number of H-pyrrole nitrogens is 1. The zero-order chi connectivity index (χ0) is 17.1. The van der Waals surface area contributed by atoms with Crippen LogP contribution < -0.4 is 16.7 Å². The molecule has 0 atom stereocenters. The molecule has 3 heterocycles. The minimum absolute atomic E-state index is 0.318. The maximum absolute atomic E-state index is 12.2. The van der Waals surface area contributed by atoms with Gasteiger partial charge >= 0.3 is 5.69 Å². The SMILES string of the molecule is CCCn1c(NN=Cc2ccncc2)nc2c1c(=O)[nH]c(=O)n2C. The first-order valence-corrected chi connectivity index (χ1v) is 7.50. The van der Waals surface area contributed by atoms with E-state index in [0.717, 1.165) is 12.0 Å². The number of anilines is 1. The molecular weight excluding hydrogens is 310 g/mol.